The van der Waals surface area contributed by atoms with Crippen molar-refractivity contribution in [3.05, 3.63) is 52.1 Å². The van der Waals surface area contributed by atoms with Gasteiger partial charge in [-0.3, -0.25) is 4.98 Å². The number of alkyl halides is 1. The van der Waals surface area contributed by atoms with Crippen LogP contribution in [0.15, 0.2) is 35.1 Å². The van der Waals surface area contributed by atoms with E-state index in [0.717, 1.165) is 32.7 Å². The van der Waals surface area contributed by atoms with Crippen molar-refractivity contribution in [2.75, 3.05) is 5.88 Å². The van der Waals surface area contributed by atoms with Crippen LogP contribution in [0.2, 0.25) is 0 Å². The Bertz CT molecular complexity index is 784. The van der Waals surface area contributed by atoms with Crippen molar-refractivity contribution in [2.24, 2.45) is 0 Å². The highest BCUT2D eigenvalue weighted by atomic mass is 79.9. The van der Waals surface area contributed by atoms with E-state index in [9.17, 15) is 0 Å². The first-order valence-corrected chi connectivity index (χ1v) is 7.99. The van der Waals surface area contributed by atoms with E-state index >= 15 is 0 Å². The van der Waals surface area contributed by atoms with Crippen LogP contribution in [0.5, 0.6) is 0 Å². The van der Waals surface area contributed by atoms with Crippen molar-refractivity contribution in [1.29, 1.82) is 0 Å². The topological polar surface area (TPSA) is 43.6 Å². The molecule has 3 aromatic rings. The number of halogens is 2. The Morgan fingerprint density at radius 3 is 2.95 bits per heavy atom. The second-order valence-electron chi connectivity index (χ2n) is 4.82. The minimum absolute atomic E-state index is 0.533. The Morgan fingerprint density at radius 2 is 2.19 bits per heavy atom. The molecule has 3 heterocycles. The Kier molecular flexibility index (Phi) is 4.22. The molecular weight excluding hydrogens is 352 g/mol. The standard InChI is InChI=1S/C15H14BrClN4/c1-10-3-2-6-18-13(10)9-21-14(4-5-17)20-12-7-11(16)8-19-15(12)21/h2-3,6-8H,4-5,9H2,1H3. The molecule has 0 aromatic carbocycles. The summed E-state index contributed by atoms with van der Waals surface area (Å²) in [5, 5.41) is 0. The molecule has 0 aliphatic carbocycles. The largest absolute Gasteiger partial charge is 0.307 e. The summed E-state index contributed by atoms with van der Waals surface area (Å²) in [6.07, 6.45) is 4.31. The van der Waals surface area contributed by atoms with E-state index in [1.54, 1.807) is 6.20 Å². The van der Waals surface area contributed by atoms with Crippen LogP contribution < -0.4 is 0 Å². The lowest BCUT2D eigenvalue weighted by Crippen LogP contribution is -2.09. The van der Waals surface area contributed by atoms with Gasteiger partial charge in [-0.15, -0.1) is 11.6 Å². The predicted octanol–water partition coefficient (Wildman–Crippen LogP) is 3.73. The zero-order chi connectivity index (χ0) is 14.8. The van der Waals surface area contributed by atoms with Gasteiger partial charge in [-0.2, -0.15) is 0 Å². The highest BCUT2D eigenvalue weighted by Gasteiger charge is 2.13. The van der Waals surface area contributed by atoms with Gasteiger partial charge in [0.15, 0.2) is 5.65 Å². The number of hydrogen-bond acceptors (Lipinski definition) is 3. The summed E-state index contributed by atoms with van der Waals surface area (Å²) in [6.45, 7) is 2.72. The van der Waals surface area contributed by atoms with Crippen molar-refractivity contribution in [3.63, 3.8) is 0 Å². The van der Waals surface area contributed by atoms with Crippen LogP contribution in [0.25, 0.3) is 11.2 Å². The van der Waals surface area contributed by atoms with E-state index < -0.39 is 0 Å². The molecule has 108 valence electrons. The van der Waals surface area contributed by atoms with Gasteiger partial charge in [0.05, 0.1) is 12.2 Å². The first-order chi connectivity index (χ1) is 10.2. The van der Waals surface area contributed by atoms with Crippen molar-refractivity contribution in [2.45, 2.75) is 19.9 Å². The highest BCUT2D eigenvalue weighted by molar-refractivity contribution is 9.10. The van der Waals surface area contributed by atoms with Gasteiger partial charge < -0.3 is 4.57 Å². The molecule has 3 rings (SSSR count). The molecule has 0 unspecified atom stereocenters. The van der Waals surface area contributed by atoms with E-state index in [4.69, 9.17) is 11.6 Å². The SMILES string of the molecule is Cc1cccnc1Cn1c(CCCl)nc2cc(Br)cnc21. The Balaban J connectivity index is 2.11. The maximum Gasteiger partial charge on any atom is 0.160 e. The Labute approximate surface area is 136 Å². The van der Waals surface area contributed by atoms with E-state index in [0.29, 0.717) is 18.8 Å². The molecule has 0 radical (unpaired) electrons. The zero-order valence-corrected chi connectivity index (χ0v) is 13.9. The molecular formula is C15H14BrClN4. The van der Waals surface area contributed by atoms with Crippen LogP contribution >= 0.6 is 27.5 Å². The number of nitrogens with zero attached hydrogens (tertiary/aromatic N) is 4. The van der Waals surface area contributed by atoms with Gasteiger partial charge in [0.1, 0.15) is 11.3 Å². The summed E-state index contributed by atoms with van der Waals surface area (Å²) >= 11 is 9.34. The van der Waals surface area contributed by atoms with Crippen LogP contribution in [0, 0.1) is 6.92 Å². The summed E-state index contributed by atoms with van der Waals surface area (Å²) in [6, 6.07) is 5.98. The number of aryl methyl sites for hydroxylation is 2. The third-order valence-electron chi connectivity index (χ3n) is 3.37. The molecule has 0 N–H and O–H groups in total. The first-order valence-electron chi connectivity index (χ1n) is 6.66. The summed E-state index contributed by atoms with van der Waals surface area (Å²) in [5.74, 6) is 1.47. The van der Waals surface area contributed by atoms with Gasteiger partial charge in [0, 0.05) is 29.2 Å². The third-order valence-corrected chi connectivity index (χ3v) is 4.00. The second kappa shape index (κ2) is 6.12. The quantitative estimate of drug-likeness (QED) is 0.662. The zero-order valence-electron chi connectivity index (χ0n) is 11.6. The maximum absolute atomic E-state index is 5.90. The van der Waals surface area contributed by atoms with Gasteiger partial charge in [0.25, 0.3) is 0 Å². The Morgan fingerprint density at radius 1 is 1.33 bits per heavy atom. The van der Waals surface area contributed by atoms with Crippen LogP contribution in [-0.4, -0.2) is 25.4 Å². The van der Waals surface area contributed by atoms with Crippen molar-refractivity contribution in [1.82, 2.24) is 19.5 Å². The summed E-state index contributed by atoms with van der Waals surface area (Å²) < 4.78 is 3.02. The van der Waals surface area contributed by atoms with Gasteiger partial charge in [-0.25, -0.2) is 9.97 Å². The summed E-state index contributed by atoms with van der Waals surface area (Å²) in [5.41, 5.74) is 3.92. The molecule has 4 nitrogen and oxygen atoms in total. The predicted molar refractivity (Wildman–Crippen MR) is 87.7 cm³/mol. The highest BCUT2D eigenvalue weighted by Crippen LogP contribution is 2.20. The average molecular weight is 366 g/mol. The van der Waals surface area contributed by atoms with Crippen LogP contribution in [-0.2, 0) is 13.0 Å². The van der Waals surface area contributed by atoms with Crippen molar-refractivity contribution < 1.29 is 0 Å². The number of rotatable bonds is 4. The molecule has 21 heavy (non-hydrogen) atoms. The van der Waals surface area contributed by atoms with Crippen molar-refractivity contribution >= 4 is 38.7 Å². The molecule has 6 heteroatoms. The number of pyridine rings is 2. The van der Waals surface area contributed by atoms with E-state index in [2.05, 4.69) is 48.4 Å². The lowest BCUT2D eigenvalue weighted by Gasteiger charge is -2.09. The van der Waals surface area contributed by atoms with E-state index in [1.807, 2.05) is 18.3 Å². The maximum atomic E-state index is 5.90. The number of aromatic nitrogens is 4. The summed E-state index contributed by atoms with van der Waals surface area (Å²) in [4.78, 5) is 13.6. The van der Waals surface area contributed by atoms with Crippen LogP contribution in [0.4, 0.5) is 0 Å². The number of imidazole rings is 1. The molecule has 0 aliphatic rings. The molecule has 0 bridgehead atoms. The molecule has 0 amide bonds. The molecule has 0 atom stereocenters. The van der Waals surface area contributed by atoms with Gasteiger partial charge in [0.2, 0.25) is 0 Å². The molecule has 0 saturated carbocycles. The van der Waals surface area contributed by atoms with Crippen LogP contribution in [0.3, 0.4) is 0 Å². The minimum Gasteiger partial charge on any atom is -0.307 e. The van der Waals surface area contributed by atoms with Gasteiger partial charge in [-0.1, -0.05) is 6.07 Å². The van der Waals surface area contributed by atoms with Crippen LogP contribution in [0.1, 0.15) is 17.1 Å². The third kappa shape index (κ3) is 2.94. The fraction of sp³-hybridized carbons (Fsp3) is 0.267. The van der Waals surface area contributed by atoms with Gasteiger partial charge in [-0.05, 0) is 40.5 Å². The lowest BCUT2D eigenvalue weighted by molar-refractivity contribution is 0.727. The fourth-order valence-corrected chi connectivity index (χ4v) is 2.80. The summed E-state index contributed by atoms with van der Waals surface area (Å²) in [7, 11) is 0. The normalized spacial score (nSPS) is 11.2. The molecule has 0 saturated heterocycles. The minimum atomic E-state index is 0.533. The average Bonchev–Trinajstić information content (AvgIpc) is 2.79. The monoisotopic (exact) mass is 364 g/mol. The molecule has 0 fully saturated rings. The molecule has 0 spiro atoms. The fourth-order valence-electron chi connectivity index (χ4n) is 2.31. The van der Waals surface area contributed by atoms with E-state index in [-0.39, 0.29) is 0 Å². The molecule has 3 aromatic heterocycles. The lowest BCUT2D eigenvalue weighted by atomic mass is 10.2. The second-order valence-corrected chi connectivity index (χ2v) is 6.11. The smallest absolute Gasteiger partial charge is 0.160 e. The van der Waals surface area contributed by atoms with E-state index in [1.165, 1.54) is 0 Å². The Hall–Kier alpha value is -1.46. The van der Waals surface area contributed by atoms with Gasteiger partial charge >= 0.3 is 0 Å². The van der Waals surface area contributed by atoms with Crippen molar-refractivity contribution in [3.8, 4) is 0 Å². The number of hydrogen-bond donors (Lipinski definition) is 0. The number of fused-ring (bicyclic) bond motifs is 1. The molecule has 0 aliphatic heterocycles. The first kappa shape index (κ1) is 14.5.